The van der Waals surface area contributed by atoms with E-state index in [4.69, 9.17) is 5.26 Å². The fraction of sp³-hybridized carbons (Fsp3) is 0.385. The molecule has 0 aromatic heterocycles. The van der Waals surface area contributed by atoms with Crippen molar-refractivity contribution in [2.24, 2.45) is 5.92 Å². The maximum absolute atomic E-state index is 12.2. The third kappa shape index (κ3) is 2.96. The first-order chi connectivity index (χ1) is 9.43. The van der Waals surface area contributed by atoms with Crippen LogP contribution in [0.2, 0.25) is 0 Å². The number of nitrogens with one attached hydrogen (secondary N) is 1. The second-order valence-corrected chi connectivity index (χ2v) is 5.69. The summed E-state index contributed by atoms with van der Waals surface area (Å²) in [6.45, 7) is 1.53. The van der Waals surface area contributed by atoms with E-state index in [9.17, 15) is 14.9 Å². The molecule has 1 saturated carbocycles. The minimum Gasteiger partial charge on any atom is -0.336 e. The molecule has 0 radical (unpaired) electrons. The summed E-state index contributed by atoms with van der Waals surface area (Å²) in [5.74, 6) is -0.253. The first-order valence-electron chi connectivity index (χ1n) is 6.09. The van der Waals surface area contributed by atoms with Crippen molar-refractivity contribution in [3.63, 3.8) is 0 Å². The first-order valence-corrected chi connectivity index (χ1v) is 6.88. The number of nitro benzene ring substituents is 1. The Morgan fingerprint density at radius 2 is 2.25 bits per heavy atom. The molecule has 1 N–H and O–H groups in total. The lowest BCUT2D eigenvalue weighted by Crippen LogP contribution is -2.35. The molecule has 1 aliphatic carbocycles. The molecule has 1 fully saturated rings. The number of nitrogens with zero attached hydrogens (tertiary/aromatic N) is 2. The van der Waals surface area contributed by atoms with E-state index in [1.54, 1.807) is 0 Å². The van der Waals surface area contributed by atoms with Crippen molar-refractivity contribution in [1.82, 2.24) is 5.32 Å². The molecule has 7 heteroatoms. The molecule has 0 bridgehead atoms. The summed E-state index contributed by atoms with van der Waals surface area (Å²) < 4.78 is 0.458. The lowest BCUT2D eigenvalue weighted by Gasteiger charge is -2.12. The van der Waals surface area contributed by atoms with Gasteiger partial charge in [-0.3, -0.25) is 14.9 Å². The van der Waals surface area contributed by atoms with E-state index in [0.717, 1.165) is 12.8 Å². The van der Waals surface area contributed by atoms with Gasteiger partial charge in [0.2, 0.25) is 0 Å². The first kappa shape index (κ1) is 14.5. The van der Waals surface area contributed by atoms with Crippen molar-refractivity contribution in [3.05, 3.63) is 37.8 Å². The van der Waals surface area contributed by atoms with Crippen LogP contribution in [0.3, 0.4) is 0 Å². The summed E-state index contributed by atoms with van der Waals surface area (Å²) in [7, 11) is 0. The van der Waals surface area contributed by atoms with Crippen LogP contribution in [0, 0.1) is 34.3 Å². The fourth-order valence-corrected chi connectivity index (χ4v) is 2.44. The van der Waals surface area contributed by atoms with Crippen molar-refractivity contribution in [1.29, 1.82) is 5.26 Å². The zero-order valence-electron chi connectivity index (χ0n) is 10.7. The van der Waals surface area contributed by atoms with Gasteiger partial charge in [0.25, 0.3) is 11.6 Å². The molecule has 1 atom stereocenters. The molecule has 0 spiro atoms. The highest BCUT2D eigenvalue weighted by Gasteiger charge is 2.33. The maximum Gasteiger partial charge on any atom is 0.274 e. The quantitative estimate of drug-likeness (QED) is 0.674. The van der Waals surface area contributed by atoms with E-state index in [2.05, 4.69) is 27.3 Å². The molecule has 1 aliphatic rings. The van der Waals surface area contributed by atoms with Gasteiger partial charge in [-0.05, 0) is 31.7 Å². The van der Waals surface area contributed by atoms with Crippen molar-refractivity contribution in [3.8, 4) is 6.07 Å². The average Bonchev–Trinajstić information content (AvgIpc) is 3.22. The van der Waals surface area contributed by atoms with Gasteiger partial charge in [0.05, 0.1) is 16.6 Å². The SMILES string of the molecule is Cc1c(C(=O)N[C@H](C#N)C2CC2)cc(Br)cc1[N+](=O)[O-]. The predicted octanol–water partition coefficient (Wildman–Crippen LogP) is 2.70. The fourth-order valence-electron chi connectivity index (χ4n) is 1.99. The Hall–Kier alpha value is -1.94. The molecule has 2 rings (SSSR count). The number of benzene rings is 1. The van der Waals surface area contributed by atoms with Crippen molar-refractivity contribution >= 4 is 27.5 Å². The molecule has 0 heterocycles. The number of carbonyl (C=O) groups excluding carboxylic acids is 1. The second-order valence-electron chi connectivity index (χ2n) is 4.77. The molecule has 0 aliphatic heterocycles. The Morgan fingerprint density at radius 1 is 1.60 bits per heavy atom. The minimum atomic E-state index is -0.528. The highest BCUT2D eigenvalue weighted by atomic mass is 79.9. The number of rotatable bonds is 4. The summed E-state index contributed by atoms with van der Waals surface area (Å²) in [6.07, 6.45) is 1.85. The maximum atomic E-state index is 12.2. The summed E-state index contributed by atoms with van der Waals surface area (Å²) in [5.41, 5.74) is 0.389. The second kappa shape index (κ2) is 5.59. The number of halogens is 1. The third-order valence-electron chi connectivity index (χ3n) is 3.31. The van der Waals surface area contributed by atoms with E-state index in [0.29, 0.717) is 10.0 Å². The van der Waals surface area contributed by atoms with E-state index in [1.165, 1.54) is 19.1 Å². The van der Waals surface area contributed by atoms with Crippen LogP contribution < -0.4 is 5.32 Å². The number of hydrogen-bond donors (Lipinski definition) is 1. The molecule has 20 heavy (non-hydrogen) atoms. The van der Waals surface area contributed by atoms with E-state index < -0.39 is 16.9 Å². The Morgan fingerprint density at radius 3 is 2.75 bits per heavy atom. The highest BCUT2D eigenvalue weighted by Crippen LogP contribution is 2.33. The molecule has 1 amide bonds. The van der Waals surface area contributed by atoms with Crippen LogP contribution in [-0.4, -0.2) is 16.9 Å². The van der Waals surface area contributed by atoms with Crippen LogP contribution in [0.4, 0.5) is 5.69 Å². The number of nitriles is 1. The number of hydrogen-bond acceptors (Lipinski definition) is 4. The van der Waals surface area contributed by atoms with Crippen LogP contribution in [0.15, 0.2) is 16.6 Å². The summed E-state index contributed by atoms with van der Waals surface area (Å²) in [6, 6.07) is 4.41. The monoisotopic (exact) mass is 337 g/mol. The van der Waals surface area contributed by atoms with Gasteiger partial charge in [-0.15, -0.1) is 0 Å². The van der Waals surface area contributed by atoms with Gasteiger partial charge in [-0.25, -0.2) is 0 Å². The van der Waals surface area contributed by atoms with E-state index >= 15 is 0 Å². The molecular weight excluding hydrogens is 326 g/mol. The number of nitro groups is 1. The Kier molecular flexibility index (Phi) is 4.04. The predicted molar refractivity (Wildman–Crippen MR) is 75.1 cm³/mol. The largest absolute Gasteiger partial charge is 0.336 e. The van der Waals surface area contributed by atoms with Crippen LogP contribution >= 0.6 is 15.9 Å². The van der Waals surface area contributed by atoms with E-state index in [1.807, 2.05) is 0 Å². The molecule has 104 valence electrons. The Balaban J connectivity index is 2.30. The summed E-state index contributed by atoms with van der Waals surface area (Å²) in [5, 5.41) is 22.6. The molecule has 0 saturated heterocycles. The van der Waals surface area contributed by atoms with Gasteiger partial charge >= 0.3 is 0 Å². The van der Waals surface area contributed by atoms with Crippen LogP contribution in [0.1, 0.15) is 28.8 Å². The third-order valence-corrected chi connectivity index (χ3v) is 3.76. The lowest BCUT2D eigenvalue weighted by atomic mass is 10.1. The standard InChI is InChI=1S/C13H12BrN3O3/c1-7-10(4-9(14)5-12(7)17(19)20)13(18)16-11(6-15)8-2-3-8/h4-5,8,11H,2-3H2,1H3,(H,16,18)/t11-/m1/s1. The van der Waals surface area contributed by atoms with Gasteiger partial charge < -0.3 is 5.32 Å². The smallest absolute Gasteiger partial charge is 0.274 e. The topological polar surface area (TPSA) is 96.0 Å². The molecular formula is C13H12BrN3O3. The highest BCUT2D eigenvalue weighted by molar-refractivity contribution is 9.10. The zero-order chi connectivity index (χ0) is 14.9. The minimum absolute atomic E-state index is 0.121. The van der Waals surface area contributed by atoms with Crippen molar-refractivity contribution < 1.29 is 9.72 Å². The average molecular weight is 338 g/mol. The van der Waals surface area contributed by atoms with Gasteiger partial charge in [0, 0.05) is 16.1 Å². The summed E-state index contributed by atoms with van der Waals surface area (Å²) in [4.78, 5) is 22.6. The number of carbonyl (C=O) groups is 1. The zero-order valence-corrected chi connectivity index (χ0v) is 12.3. The van der Waals surface area contributed by atoms with Crippen molar-refractivity contribution in [2.75, 3.05) is 0 Å². The lowest BCUT2D eigenvalue weighted by molar-refractivity contribution is -0.385. The van der Waals surface area contributed by atoms with Gasteiger partial charge in [0.15, 0.2) is 0 Å². The molecule has 1 aromatic carbocycles. The van der Waals surface area contributed by atoms with Crippen LogP contribution in [0.5, 0.6) is 0 Å². The van der Waals surface area contributed by atoms with Crippen molar-refractivity contribution in [2.45, 2.75) is 25.8 Å². The van der Waals surface area contributed by atoms with E-state index in [-0.39, 0.29) is 17.2 Å². The van der Waals surface area contributed by atoms with Gasteiger partial charge in [-0.1, -0.05) is 15.9 Å². The normalized spacial score (nSPS) is 15.2. The number of amides is 1. The van der Waals surface area contributed by atoms with Gasteiger partial charge in [-0.2, -0.15) is 5.26 Å². The Labute approximate surface area is 124 Å². The molecule has 0 unspecified atom stereocenters. The molecule has 1 aromatic rings. The summed E-state index contributed by atoms with van der Waals surface area (Å²) >= 11 is 3.16. The van der Waals surface area contributed by atoms with Crippen LogP contribution in [0.25, 0.3) is 0 Å². The Bertz CT molecular complexity index is 620. The van der Waals surface area contributed by atoms with Crippen LogP contribution in [-0.2, 0) is 0 Å². The molecule has 6 nitrogen and oxygen atoms in total. The van der Waals surface area contributed by atoms with Gasteiger partial charge in [0.1, 0.15) is 6.04 Å².